The first-order valence-corrected chi connectivity index (χ1v) is 13.6. The van der Waals surface area contributed by atoms with E-state index >= 15 is 0 Å². The van der Waals surface area contributed by atoms with Crippen molar-refractivity contribution in [3.8, 4) is 23.0 Å². The van der Waals surface area contributed by atoms with E-state index in [9.17, 15) is 19.2 Å². The summed E-state index contributed by atoms with van der Waals surface area (Å²) in [6, 6.07) is 6.79. The normalized spacial score (nSPS) is 14.4. The second-order valence-electron chi connectivity index (χ2n) is 8.68. The Morgan fingerprint density at radius 3 is 2.44 bits per heavy atom. The van der Waals surface area contributed by atoms with Crippen LogP contribution in [0.5, 0.6) is 23.0 Å². The van der Waals surface area contributed by atoms with E-state index in [1.54, 1.807) is 44.2 Å². The van der Waals surface area contributed by atoms with Gasteiger partial charge in [0, 0.05) is 5.70 Å². The van der Waals surface area contributed by atoms with Gasteiger partial charge in [0.2, 0.25) is 0 Å². The number of methoxy groups -OCH3 is 3. The summed E-state index contributed by atoms with van der Waals surface area (Å²) in [6.07, 6.45) is 1.38. The van der Waals surface area contributed by atoms with Gasteiger partial charge in [-0.25, -0.2) is 19.8 Å². The van der Waals surface area contributed by atoms with Crippen molar-refractivity contribution < 1.29 is 47.6 Å². The van der Waals surface area contributed by atoms with Gasteiger partial charge in [-0.2, -0.15) is 5.10 Å². The Balaban J connectivity index is 1.65. The van der Waals surface area contributed by atoms with Crippen LogP contribution in [0.4, 0.5) is 4.79 Å². The van der Waals surface area contributed by atoms with Gasteiger partial charge in [-0.1, -0.05) is 6.07 Å². The monoisotopic (exact) mass is 662 g/mol. The zero-order chi connectivity index (χ0) is 31.5. The molecule has 3 rings (SSSR count). The smallest absolute Gasteiger partial charge is 0.343 e. The van der Waals surface area contributed by atoms with Crippen molar-refractivity contribution in [3.05, 3.63) is 57.2 Å². The number of ether oxygens (including phenoxy) is 6. The Morgan fingerprint density at radius 1 is 1.02 bits per heavy atom. The average Bonchev–Trinajstić information content (AvgIpc) is 2.98. The van der Waals surface area contributed by atoms with Gasteiger partial charge in [0.15, 0.2) is 36.2 Å². The van der Waals surface area contributed by atoms with Gasteiger partial charge in [-0.15, -0.1) is 0 Å². The van der Waals surface area contributed by atoms with Crippen LogP contribution in [0.15, 0.2) is 51.2 Å². The largest absolute Gasteiger partial charge is 0.493 e. The molecule has 1 atom stereocenters. The molecule has 43 heavy (non-hydrogen) atoms. The highest BCUT2D eigenvalue weighted by Gasteiger charge is 2.32. The molecule has 0 unspecified atom stereocenters. The van der Waals surface area contributed by atoms with Crippen LogP contribution in [-0.4, -0.2) is 71.2 Å². The Morgan fingerprint density at radius 2 is 1.77 bits per heavy atom. The predicted octanol–water partition coefficient (Wildman–Crippen LogP) is 2.74. The zero-order valence-electron chi connectivity index (χ0n) is 24.1. The number of nitrogens with one attached hydrogen (secondary N) is 3. The van der Waals surface area contributed by atoms with Crippen molar-refractivity contribution in [1.29, 1.82) is 0 Å². The third-order valence-electron chi connectivity index (χ3n) is 5.86. The summed E-state index contributed by atoms with van der Waals surface area (Å²) < 4.78 is 32.0. The molecule has 1 heterocycles. The Labute approximate surface area is 255 Å². The highest BCUT2D eigenvalue weighted by molar-refractivity contribution is 9.10. The number of carbonyl (C=O) groups is 4. The van der Waals surface area contributed by atoms with Crippen molar-refractivity contribution >= 4 is 46.0 Å². The molecule has 1 aliphatic rings. The van der Waals surface area contributed by atoms with Crippen LogP contribution >= 0.6 is 15.9 Å². The number of allylic oxidation sites excluding steroid dienone is 1. The topological polar surface area (TPSA) is 172 Å². The third kappa shape index (κ3) is 8.61. The lowest BCUT2D eigenvalue weighted by atomic mass is 9.95. The molecule has 0 aliphatic carbocycles. The van der Waals surface area contributed by atoms with Crippen LogP contribution in [0.3, 0.4) is 0 Å². The molecule has 3 amide bonds. The second kappa shape index (κ2) is 15.4. The van der Waals surface area contributed by atoms with E-state index in [0.29, 0.717) is 32.8 Å². The first-order chi connectivity index (χ1) is 20.6. The van der Waals surface area contributed by atoms with Gasteiger partial charge in [0.1, 0.15) is 0 Å². The number of esters is 2. The molecular formula is C28H31BrN4O10. The average molecular weight is 663 g/mol. The number of hydrazone groups is 1. The lowest BCUT2D eigenvalue weighted by molar-refractivity contribution is -0.143. The number of nitrogens with zero attached hydrogens (tertiary/aromatic N) is 1. The van der Waals surface area contributed by atoms with Crippen LogP contribution in [0.25, 0.3) is 0 Å². The minimum Gasteiger partial charge on any atom is -0.493 e. The Hall–Kier alpha value is -4.79. The highest BCUT2D eigenvalue weighted by atomic mass is 79.9. The molecule has 3 N–H and O–H groups in total. The number of benzene rings is 2. The molecule has 0 fully saturated rings. The maximum Gasteiger partial charge on any atom is 0.343 e. The van der Waals surface area contributed by atoms with E-state index in [-0.39, 0.29) is 30.3 Å². The van der Waals surface area contributed by atoms with Gasteiger partial charge in [-0.05, 0) is 65.2 Å². The fourth-order valence-corrected chi connectivity index (χ4v) is 4.48. The standard InChI is InChI=1S/C28H31BrN4O10/c1-6-41-27(36)24-15(2)31-28(37)32-25(24)17-7-8-19(20(11-17)38-3)42-13-22(34)33-30-12-16-9-18(29)26(21(10-16)39-4)43-14-23(35)40-5/h7-12,25H,6,13-14H2,1-5H3,(H,33,34)(H2,31,32,37)/b30-12-/t25-/m0/s1. The van der Waals surface area contributed by atoms with Crippen LogP contribution in [-0.2, 0) is 23.9 Å². The molecule has 0 saturated heterocycles. The number of carbonyl (C=O) groups excluding carboxylic acids is 4. The van der Waals surface area contributed by atoms with Gasteiger partial charge in [0.25, 0.3) is 5.91 Å². The van der Waals surface area contributed by atoms with E-state index in [1.165, 1.54) is 27.5 Å². The maximum absolute atomic E-state index is 12.6. The Bertz CT molecular complexity index is 1440. The van der Waals surface area contributed by atoms with Crippen molar-refractivity contribution in [3.63, 3.8) is 0 Å². The lowest BCUT2D eigenvalue weighted by Crippen LogP contribution is -2.45. The molecule has 0 saturated carbocycles. The molecular weight excluding hydrogens is 632 g/mol. The minimum atomic E-state index is -0.791. The summed E-state index contributed by atoms with van der Waals surface area (Å²) in [5.74, 6) is -0.525. The molecule has 2 aromatic carbocycles. The number of urea groups is 1. The highest BCUT2D eigenvalue weighted by Crippen LogP contribution is 2.37. The van der Waals surface area contributed by atoms with Crippen LogP contribution in [0, 0.1) is 0 Å². The summed E-state index contributed by atoms with van der Waals surface area (Å²) in [4.78, 5) is 48.5. The van der Waals surface area contributed by atoms with E-state index in [0.717, 1.165) is 0 Å². The zero-order valence-corrected chi connectivity index (χ0v) is 25.7. The summed E-state index contributed by atoms with van der Waals surface area (Å²) in [6.45, 7) is 2.78. The van der Waals surface area contributed by atoms with Crippen LogP contribution < -0.4 is 35.0 Å². The predicted molar refractivity (Wildman–Crippen MR) is 156 cm³/mol. The molecule has 2 aromatic rings. The quantitative estimate of drug-likeness (QED) is 0.164. The number of hydrogen-bond acceptors (Lipinski definition) is 11. The third-order valence-corrected chi connectivity index (χ3v) is 6.45. The first kappa shape index (κ1) is 32.7. The summed E-state index contributed by atoms with van der Waals surface area (Å²) >= 11 is 3.36. The molecule has 0 bridgehead atoms. The van der Waals surface area contributed by atoms with Gasteiger partial charge < -0.3 is 39.1 Å². The van der Waals surface area contributed by atoms with Gasteiger partial charge >= 0.3 is 18.0 Å². The molecule has 0 aromatic heterocycles. The van der Waals surface area contributed by atoms with Gasteiger partial charge in [-0.3, -0.25) is 4.79 Å². The van der Waals surface area contributed by atoms with Crippen LogP contribution in [0.2, 0.25) is 0 Å². The maximum atomic E-state index is 12.6. The van der Waals surface area contributed by atoms with E-state index in [4.69, 9.17) is 23.7 Å². The van der Waals surface area contributed by atoms with E-state index in [1.807, 2.05) is 0 Å². The number of halogens is 1. The summed E-state index contributed by atoms with van der Waals surface area (Å²) in [5, 5.41) is 9.23. The Kier molecular flexibility index (Phi) is 11.8. The number of rotatable bonds is 13. The molecule has 230 valence electrons. The minimum absolute atomic E-state index is 0.171. The van der Waals surface area contributed by atoms with Crippen LogP contribution in [0.1, 0.15) is 31.0 Å². The molecule has 14 nitrogen and oxygen atoms in total. The van der Waals surface area contributed by atoms with Crippen molar-refractivity contribution in [1.82, 2.24) is 16.1 Å². The molecule has 0 spiro atoms. The number of amides is 3. The summed E-state index contributed by atoms with van der Waals surface area (Å²) in [5.41, 5.74) is 4.09. The van der Waals surface area contributed by atoms with Crippen molar-refractivity contribution in [2.75, 3.05) is 41.2 Å². The van der Waals surface area contributed by atoms with Gasteiger partial charge in [0.05, 0.1) is 50.2 Å². The summed E-state index contributed by atoms with van der Waals surface area (Å²) in [7, 11) is 4.11. The van der Waals surface area contributed by atoms with Crippen molar-refractivity contribution in [2.24, 2.45) is 5.10 Å². The van der Waals surface area contributed by atoms with Crippen molar-refractivity contribution in [2.45, 2.75) is 19.9 Å². The fourth-order valence-electron chi connectivity index (χ4n) is 3.91. The first-order valence-electron chi connectivity index (χ1n) is 12.8. The van der Waals surface area contributed by atoms with E-state index < -0.39 is 36.5 Å². The molecule has 15 heteroatoms. The second-order valence-corrected chi connectivity index (χ2v) is 9.54. The number of hydrogen-bond donors (Lipinski definition) is 3. The fraction of sp³-hybridized carbons (Fsp3) is 0.321. The van der Waals surface area contributed by atoms with E-state index in [2.05, 4.69) is 41.8 Å². The SMILES string of the molecule is CCOC(=O)C1=C(C)NC(=O)N[C@H]1c1ccc(OCC(=O)N/N=C\c2cc(Br)c(OCC(=O)OC)c(OC)c2)c(OC)c1. The lowest BCUT2D eigenvalue weighted by Gasteiger charge is -2.28. The molecule has 0 radical (unpaired) electrons. The molecule has 1 aliphatic heterocycles.